The van der Waals surface area contributed by atoms with E-state index >= 15 is 0 Å². The fraction of sp³-hybridized carbons (Fsp3) is 0.0417. The van der Waals surface area contributed by atoms with E-state index in [-0.39, 0.29) is 5.69 Å². The van der Waals surface area contributed by atoms with Crippen LogP contribution in [-0.4, -0.2) is 30.4 Å². The lowest BCUT2D eigenvalue weighted by molar-refractivity contribution is 0.917. The molecule has 0 bridgehead atoms. The van der Waals surface area contributed by atoms with Gasteiger partial charge in [0.2, 0.25) is 0 Å². The van der Waals surface area contributed by atoms with Crippen LogP contribution < -0.4 is 17.2 Å². The number of imidazole rings is 1. The minimum absolute atomic E-state index is 0.278. The molecule has 0 saturated heterocycles. The van der Waals surface area contributed by atoms with Crippen molar-refractivity contribution < 1.29 is 0 Å². The number of anilines is 1. The maximum atomic E-state index is 11.6. The highest BCUT2D eigenvalue weighted by Gasteiger charge is 2.14. The van der Waals surface area contributed by atoms with Gasteiger partial charge in [-0.15, -0.1) is 5.10 Å². The lowest BCUT2D eigenvalue weighted by Crippen LogP contribution is -2.04. The van der Waals surface area contributed by atoms with Crippen LogP contribution in [-0.2, 0) is 6.54 Å². The molecule has 6 N–H and O–H groups in total. The number of nitrogens with zero attached hydrogens (tertiary/aromatic N) is 5. The molecule has 0 saturated carbocycles. The van der Waals surface area contributed by atoms with Crippen LogP contribution in [0, 0.1) is 11.3 Å². The summed E-state index contributed by atoms with van der Waals surface area (Å²) < 4.78 is 1.70. The molecule has 0 aliphatic rings. The van der Waals surface area contributed by atoms with Crippen LogP contribution in [0.3, 0.4) is 0 Å². The van der Waals surface area contributed by atoms with Gasteiger partial charge >= 0.3 is 5.69 Å². The summed E-state index contributed by atoms with van der Waals surface area (Å²) in [7, 11) is 0. The molecule has 0 unspecified atom stereocenters. The number of aliphatic imine (C=N–C) groups is 1. The van der Waals surface area contributed by atoms with Crippen LogP contribution in [0.15, 0.2) is 76.8 Å². The lowest BCUT2D eigenvalue weighted by Gasteiger charge is -2.06. The summed E-state index contributed by atoms with van der Waals surface area (Å²) in [6.45, 7) is 0.393. The molecule has 3 heterocycles. The fourth-order valence-corrected chi connectivity index (χ4v) is 3.69. The highest BCUT2D eigenvalue weighted by molar-refractivity contribution is 6.09. The minimum Gasteiger partial charge on any atom is -0.405 e. The molecular formula is C24H19N9O. The monoisotopic (exact) mass is 449 g/mol. The highest BCUT2D eigenvalue weighted by atomic mass is 16.1. The molecule has 10 nitrogen and oxygen atoms in total. The number of nitrogens with one attached hydrogen (secondary N) is 2. The van der Waals surface area contributed by atoms with E-state index in [4.69, 9.17) is 16.7 Å². The van der Waals surface area contributed by atoms with Crippen LogP contribution in [0.1, 0.15) is 16.8 Å². The van der Waals surface area contributed by atoms with Crippen molar-refractivity contribution in [3.63, 3.8) is 0 Å². The number of rotatable bonds is 5. The molecule has 34 heavy (non-hydrogen) atoms. The molecule has 0 amide bonds. The Kier molecular flexibility index (Phi) is 5.12. The summed E-state index contributed by atoms with van der Waals surface area (Å²) in [6.07, 6.45) is 4.74. The van der Waals surface area contributed by atoms with Gasteiger partial charge in [0.25, 0.3) is 0 Å². The van der Waals surface area contributed by atoms with Crippen LogP contribution in [0.25, 0.3) is 27.6 Å². The van der Waals surface area contributed by atoms with E-state index in [9.17, 15) is 4.79 Å². The molecule has 2 aromatic carbocycles. The Bertz CT molecular complexity index is 1680. The summed E-state index contributed by atoms with van der Waals surface area (Å²) in [4.78, 5) is 26.3. The predicted molar refractivity (Wildman–Crippen MR) is 130 cm³/mol. The number of aromatic amines is 2. The largest absolute Gasteiger partial charge is 0.405 e. The van der Waals surface area contributed by atoms with Gasteiger partial charge in [0, 0.05) is 6.20 Å². The molecule has 0 aliphatic carbocycles. The molecule has 10 heteroatoms. The zero-order valence-corrected chi connectivity index (χ0v) is 17.9. The highest BCUT2D eigenvalue weighted by Crippen LogP contribution is 2.25. The second-order valence-electron chi connectivity index (χ2n) is 7.56. The number of nitrogens with two attached hydrogens (primary N) is 2. The second kappa shape index (κ2) is 8.40. The molecule has 166 valence electrons. The maximum Gasteiger partial charge on any atom is 0.323 e. The van der Waals surface area contributed by atoms with Gasteiger partial charge in [-0.25, -0.2) is 9.48 Å². The van der Waals surface area contributed by atoms with Crippen molar-refractivity contribution in [3.8, 4) is 11.8 Å². The van der Waals surface area contributed by atoms with Gasteiger partial charge in [-0.2, -0.15) is 5.26 Å². The van der Waals surface area contributed by atoms with Gasteiger partial charge in [-0.3, -0.25) is 9.98 Å². The Balaban J connectivity index is 1.57. The van der Waals surface area contributed by atoms with Crippen LogP contribution in [0.5, 0.6) is 0 Å². The first-order chi connectivity index (χ1) is 16.6. The third-order valence-electron chi connectivity index (χ3n) is 5.37. The van der Waals surface area contributed by atoms with E-state index in [2.05, 4.69) is 31.1 Å². The van der Waals surface area contributed by atoms with Crippen molar-refractivity contribution >= 4 is 33.5 Å². The quantitative estimate of drug-likeness (QED) is 0.301. The molecule has 0 spiro atoms. The number of nitriles is 1. The molecule has 0 aliphatic heterocycles. The Hall–Kier alpha value is -5.17. The first kappa shape index (κ1) is 20.7. The summed E-state index contributed by atoms with van der Waals surface area (Å²) in [6, 6.07) is 16.6. The van der Waals surface area contributed by atoms with Crippen molar-refractivity contribution in [2.45, 2.75) is 6.54 Å². The number of hydrogen-bond donors (Lipinski definition) is 4. The van der Waals surface area contributed by atoms with Gasteiger partial charge in [-0.05, 0) is 54.2 Å². The maximum absolute atomic E-state index is 11.6. The predicted octanol–water partition coefficient (Wildman–Crippen LogP) is 2.51. The van der Waals surface area contributed by atoms with Crippen molar-refractivity contribution in [3.05, 3.63) is 94.3 Å². The first-order valence-electron chi connectivity index (χ1n) is 10.3. The minimum atomic E-state index is -0.278. The third-order valence-corrected chi connectivity index (χ3v) is 5.37. The first-order valence-corrected chi connectivity index (χ1v) is 10.3. The van der Waals surface area contributed by atoms with Crippen molar-refractivity contribution in [2.24, 2.45) is 10.7 Å². The Morgan fingerprint density at radius 3 is 2.71 bits per heavy atom. The van der Waals surface area contributed by atoms with E-state index in [0.29, 0.717) is 45.8 Å². The van der Waals surface area contributed by atoms with Gasteiger partial charge in [0.1, 0.15) is 0 Å². The molecule has 3 aromatic heterocycles. The topological polar surface area (TPSA) is 168 Å². The zero-order valence-electron chi connectivity index (χ0n) is 17.9. The lowest BCUT2D eigenvalue weighted by atomic mass is 10.1. The van der Waals surface area contributed by atoms with Crippen molar-refractivity contribution in [2.75, 3.05) is 5.73 Å². The molecule has 5 aromatic rings. The number of fused-ring (bicyclic) bond motifs is 2. The zero-order chi connectivity index (χ0) is 23.7. The Morgan fingerprint density at radius 1 is 1.15 bits per heavy atom. The average molecular weight is 449 g/mol. The summed E-state index contributed by atoms with van der Waals surface area (Å²) in [5.74, 6) is 0.335. The molecule has 0 atom stereocenters. The molecule has 0 radical (unpaired) electrons. The van der Waals surface area contributed by atoms with Gasteiger partial charge in [-0.1, -0.05) is 12.1 Å². The van der Waals surface area contributed by atoms with E-state index in [0.717, 1.165) is 16.8 Å². The normalized spacial score (nSPS) is 12.0. The number of benzene rings is 2. The SMILES string of the molecule is N#Cc1ccc(CN=C(C=CN)c2cc3c(cn2)c(N)nn3-c2ccc3[nH]c(=O)[nH]c3c2)cc1. The standard InChI is InChI=1S/C24H19N9O/c25-8-7-18(28-12-15-3-1-14(11-26)2-4-15)20-10-22-17(13-29-20)23(27)32-33(22)16-5-6-19-21(9-16)31-24(34)30-19/h1-10,13H,12,25H2,(H2,27,32)(H2,30,31,34). The van der Waals surface area contributed by atoms with Crippen LogP contribution in [0.4, 0.5) is 5.82 Å². The van der Waals surface area contributed by atoms with Gasteiger partial charge < -0.3 is 21.4 Å². The second-order valence-corrected chi connectivity index (χ2v) is 7.56. The Morgan fingerprint density at radius 2 is 1.94 bits per heavy atom. The van der Waals surface area contributed by atoms with Gasteiger partial charge in [0.05, 0.1) is 57.2 Å². The number of hydrogen-bond acceptors (Lipinski definition) is 7. The van der Waals surface area contributed by atoms with Crippen LogP contribution in [0.2, 0.25) is 0 Å². The average Bonchev–Trinajstić information content (AvgIpc) is 3.39. The van der Waals surface area contributed by atoms with E-state index in [1.165, 1.54) is 6.20 Å². The number of H-pyrrole nitrogens is 2. The summed E-state index contributed by atoms with van der Waals surface area (Å²) in [5, 5.41) is 14.1. The Labute approximate surface area is 192 Å². The van der Waals surface area contributed by atoms with E-state index in [1.807, 2.05) is 30.3 Å². The smallest absolute Gasteiger partial charge is 0.323 e. The van der Waals surface area contributed by atoms with Crippen molar-refractivity contribution in [1.82, 2.24) is 24.7 Å². The molecule has 0 fully saturated rings. The number of aromatic nitrogens is 5. The van der Waals surface area contributed by atoms with E-state index < -0.39 is 0 Å². The number of pyridine rings is 1. The van der Waals surface area contributed by atoms with E-state index in [1.54, 1.807) is 35.2 Å². The third kappa shape index (κ3) is 3.78. The summed E-state index contributed by atoms with van der Waals surface area (Å²) in [5.41, 5.74) is 17.1. The molecule has 5 rings (SSSR count). The number of nitrogen functional groups attached to an aromatic ring is 1. The summed E-state index contributed by atoms with van der Waals surface area (Å²) >= 11 is 0. The fourth-order valence-electron chi connectivity index (χ4n) is 3.69. The number of allylic oxidation sites excluding steroid dienone is 1. The van der Waals surface area contributed by atoms with Crippen LogP contribution >= 0.6 is 0 Å². The molecular weight excluding hydrogens is 430 g/mol. The van der Waals surface area contributed by atoms with Crippen molar-refractivity contribution in [1.29, 1.82) is 5.26 Å². The van der Waals surface area contributed by atoms with Gasteiger partial charge in [0.15, 0.2) is 5.82 Å².